The predicted molar refractivity (Wildman–Crippen MR) is 114 cm³/mol. The second-order valence-electron chi connectivity index (χ2n) is 6.77. The number of nitrogens with one attached hydrogen (secondary N) is 2. The van der Waals surface area contributed by atoms with Gasteiger partial charge in [-0.15, -0.1) is 11.3 Å². The molecule has 5 heteroatoms. The number of hydrogen-bond donors (Lipinski definition) is 2. The maximum absolute atomic E-state index is 12.5. The van der Waals surface area contributed by atoms with E-state index in [-0.39, 0.29) is 11.6 Å². The molecule has 0 fully saturated rings. The fraction of sp³-hybridized carbons (Fsp3) is 0.227. The highest BCUT2D eigenvalue weighted by atomic mass is 32.1. The second-order valence-corrected chi connectivity index (χ2v) is 7.69. The van der Waals surface area contributed by atoms with Crippen molar-refractivity contribution < 1.29 is 4.74 Å². The third-order valence-corrected chi connectivity index (χ3v) is 6.13. The van der Waals surface area contributed by atoms with Crippen LogP contribution >= 0.6 is 11.3 Å². The molecule has 0 bridgehead atoms. The molecule has 4 nitrogen and oxygen atoms in total. The largest absolute Gasteiger partial charge is 0.496 e. The van der Waals surface area contributed by atoms with E-state index in [1.165, 1.54) is 16.9 Å². The van der Waals surface area contributed by atoms with Crippen molar-refractivity contribution >= 4 is 32.3 Å². The molecule has 0 saturated heterocycles. The van der Waals surface area contributed by atoms with E-state index in [4.69, 9.17) is 4.74 Å². The van der Waals surface area contributed by atoms with Gasteiger partial charge in [0.1, 0.15) is 10.4 Å². The first-order valence-corrected chi connectivity index (χ1v) is 9.81. The molecule has 1 atom stereocenters. The Morgan fingerprint density at radius 2 is 1.93 bits per heavy atom. The van der Waals surface area contributed by atoms with Crippen LogP contribution in [0.4, 0.5) is 0 Å². The van der Waals surface area contributed by atoms with Crippen LogP contribution in [-0.4, -0.2) is 19.1 Å². The van der Waals surface area contributed by atoms with Crippen LogP contribution in [0.1, 0.15) is 24.1 Å². The second kappa shape index (κ2) is 6.83. The number of pyridine rings is 1. The maximum atomic E-state index is 12.5. The van der Waals surface area contributed by atoms with Gasteiger partial charge in [-0.2, -0.15) is 0 Å². The summed E-state index contributed by atoms with van der Waals surface area (Å²) in [6, 6.07) is 12.8. The summed E-state index contributed by atoms with van der Waals surface area (Å²) < 4.78 is 6.49. The summed E-state index contributed by atoms with van der Waals surface area (Å²) in [6.45, 7) is 4.14. The smallest absolute Gasteiger partial charge is 0.266 e. The van der Waals surface area contributed by atoms with Gasteiger partial charge in [0, 0.05) is 22.4 Å². The Labute approximate surface area is 161 Å². The first-order chi connectivity index (χ1) is 13.0. The number of H-pyrrole nitrogens is 1. The van der Waals surface area contributed by atoms with E-state index in [0.29, 0.717) is 0 Å². The van der Waals surface area contributed by atoms with Gasteiger partial charge in [-0.25, -0.2) is 0 Å². The highest BCUT2D eigenvalue weighted by Crippen LogP contribution is 2.41. The Morgan fingerprint density at radius 3 is 2.59 bits per heavy atom. The van der Waals surface area contributed by atoms with Crippen molar-refractivity contribution in [3.8, 4) is 16.9 Å². The molecule has 0 unspecified atom stereocenters. The molecule has 0 radical (unpaired) electrons. The van der Waals surface area contributed by atoms with E-state index < -0.39 is 0 Å². The minimum atomic E-state index is -0.0371. The predicted octanol–water partition coefficient (Wildman–Crippen LogP) is 5.01. The molecular weight excluding hydrogens is 356 g/mol. The molecule has 0 saturated carbocycles. The first-order valence-electron chi connectivity index (χ1n) is 8.93. The van der Waals surface area contributed by atoms with Gasteiger partial charge >= 0.3 is 0 Å². The summed E-state index contributed by atoms with van der Waals surface area (Å²) in [5.41, 5.74) is 5.14. The molecule has 27 heavy (non-hydrogen) atoms. The van der Waals surface area contributed by atoms with E-state index in [1.54, 1.807) is 7.11 Å². The summed E-state index contributed by atoms with van der Waals surface area (Å²) in [4.78, 5) is 15.6. The summed E-state index contributed by atoms with van der Waals surface area (Å²) in [5.74, 6) is 0.814. The monoisotopic (exact) mass is 378 g/mol. The van der Waals surface area contributed by atoms with Crippen molar-refractivity contribution in [2.75, 3.05) is 14.2 Å². The van der Waals surface area contributed by atoms with Crippen molar-refractivity contribution in [2.45, 2.75) is 19.9 Å². The maximum Gasteiger partial charge on any atom is 0.266 e. The van der Waals surface area contributed by atoms with Crippen molar-refractivity contribution in [2.24, 2.45) is 0 Å². The van der Waals surface area contributed by atoms with E-state index >= 15 is 0 Å². The lowest BCUT2D eigenvalue weighted by molar-refractivity contribution is 0.416. The number of fused-ring (bicyclic) bond motifs is 3. The van der Waals surface area contributed by atoms with Crippen LogP contribution < -0.4 is 15.6 Å². The van der Waals surface area contributed by atoms with Crippen molar-refractivity contribution in [1.29, 1.82) is 0 Å². The SMILES string of the molecule is CN[C@H](C)c1ccc(-c2c(OC)cc(C)c3[nH]c(=O)c4sccc4c23)cc1. The molecule has 0 aliphatic rings. The first kappa shape index (κ1) is 17.8. The molecule has 0 spiro atoms. The fourth-order valence-electron chi connectivity index (χ4n) is 3.62. The third kappa shape index (κ3) is 2.83. The number of thiophene rings is 1. The summed E-state index contributed by atoms with van der Waals surface area (Å²) >= 11 is 1.47. The third-order valence-electron chi connectivity index (χ3n) is 5.22. The Balaban J connectivity index is 2.08. The normalized spacial score (nSPS) is 12.6. The lowest BCUT2D eigenvalue weighted by atomic mass is 9.94. The number of methoxy groups -OCH3 is 1. The van der Waals surface area contributed by atoms with E-state index in [2.05, 4.69) is 41.5 Å². The van der Waals surface area contributed by atoms with Crippen molar-refractivity contribution in [3.63, 3.8) is 0 Å². The lowest BCUT2D eigenvalue weighted by Crippen LogP contribution is -2.11. The lowest BCUT2D eigenvalue weighted by Gasteiger charge is -2.17. The summed E-state index contributed by atoms with van der Waals surface area (Å²) in [5, 5.41) is 7.25. The fourth-order valence-corrected chi connectivity index (χ4v) is 4.42. The summed E-state index contributed by atoms with van der Waals surface area (Å²) in [7, 11) is 3.65. The molecule has 138 valence electrons. The van der Waals surface area contributed by atoms with Crippen LogP contribution in [-0.2, 0) is 0 Å². The number of aromatic amines is 1. The van der Waals surface area contributed by atoms with Crippen LogP contribution in [0.3, 0.4) is 0 Å². The van der Waals surface area contributed by atoms with Crippen LogP contribution in [0.15, 0.2) is 46.6 Å². The number of ether oxygens (including phenoxy) is 1. The highest BCUT2D eigenvalue weighted by Gasteiger charge is 2.18. The van der Waals surface area contributed by atoms with Gasteiger partial charge in [-0.05, 0) is 55.1 Å². The van der Waals surface area contributed by atoms with Crippen molar-refractivity contribution in [3.05, 3.63) is 63.3 Å². The Morgan fingerprint density at radius 1 is 1.19 bits per heavy atom. The number of aryl methyl sites for hydroxylation is 1. The number of hydrogen-bond acceptors (Lipinski definition) is 4. The zero-order valence-corrected chi connectivity index (χ0v) is 16.7. The van der Waals surface area contributed by atoms with Gasteiger partial charge in [0.15, 0.2) is 0 Å². The van der Waals surface area contributed by atoms with Crippen LogP contribution in [0.5, 0.6) is 5.75 Å². The number of aromatic nitrogens is 1. The molecule has 0 amide bonds. The van der Waals surface area contributed by atoms with Crippen LogP contribution in [0.25, 0.3) is 32.1 Å². The van der Waals surface area contributed by atoms with Gasteiger partial charge in [-0.1, -0.05) is 24.3 Å². The topological polar surface area (TPSA) is 54.1 Å². The minimum Gasteiger partial charge on any atom is -0.496 e. The summed E-state index contributed by atoms with van der Waals surface area (Å²) in [6.07, 6.45) is 0. The van der Waals surface area contributed by atoms with Gasteiger partial charge < -0.3 is 15.0 Å². The molecule has 4 rings (SSSR count). The minimum absolute atomic E-state index is 0.0371. The average molecular weight is 378 g/mol. The molecule has 0 aliphatic carbocycles. The Hall–Kier alpha value is -2.63. The number of rotatable bonds is 4. The molecule has 2 N–H and O–H groups in total. The van der Waals surface area contributed by atoms with Gasteiger partial charge in [-0.3, -0.25) is 4.79 Å². The van der Waals surface area contributed by atoms with Gasteiger partial charge in [0.25, 0.3) is 5.56 Å². The molecule has 0 aliphatic heterocycles. The number of benzene rings is 2. The molecule has 2 aromatic heterocycles. The van der Waals surface area contributed by atoms with E-state index in [1.807, 2.05) is 31.5 Å². The Kier molecular flexibility index (Phi) is 4.50. The zero-order chi connectivity index (χ0) is 19.1. The zero-order valence-electron chi connectivity index (χ0n) is 15.8. The average Bonchev–Trinajstić information content (AvgIpc) is 3.18. The standard InChI is InChI=1S/C22H22N2O2S/c1-12-11-17(26-4)18(15-7-5-14(6-8-15)13(2)23-3)19-16-9-10-27-21(16)22(25)24-20(12)19/h5-11,13,23H,1-4H3,(H,24,25)/t13-/m1/s1. The molecule has 2 aromatic carbocycles. The van der Waals surface area contributed by atoms with E-state index in [0.717, 1.165) is 43.4 Å². The van der Waals surface area contributed by atoms with Crippen LogP contribution in [0.2, 0.25) is 0 Å². The molecular formula is C22H22N2O2S. The molecule has 2 heterocycles. The quantitative estimate of drug-likeness (QED) is 0.525. The Bertz CT molecular complexity index is 1190. The van der Waals surface area contributed by atoms with E-state index in [9.17, 15) is 4.79 Å². The molecule has 4 aromatic rings. The van der Waals surface area contributed by atoms with Crippen LogP contribution in [0, 0.1) is 6.92 Å². The van der Waals surface area contributed by atoms with Gasteiger partial charge in [0.05, 0.1) is 12.6 Å². The highest BCUT2D eigenvalue weighted by molar-refractivity contribution is 7.17. The van der Waals surface area contributed by atoms with Gasteiger partial charge in [0.2, 0.25) is 0 Å². The van der Waals surface area contributed by atoms with Crippen molar-refractivity contribution in [1.82, 2.24) is 10.3 Å².